The highest BCUT2D eigenvalue weighted by Crippen LogP contribution is 2.41. The standard InChI is InChI=1S/C16H18/c1-2-6-13(7-3-1)10-14-11-15-8-4-5-9-16(15)12-14/h1-9,14-16H,10-12H2. The lowest BCUT2D eigenvalue weighted by Crippen LogP contribution is -2.03. The van der Waals surface area contributed by atoms with Crippen molar-refractivity contribution in [3.05, 3.63) is 60.2 Å². The van der Waals surface area contributed by atoms with Crippen molar-refractivity contribution in [2.45, 2.75) is 19.3 Å². The molecule has 3 rings (SSSR count). The molecule has 0 aliphatic heterocycles. The van der Waals surface area contributed by atoms with E-state index in [4.69, 9.17) is 0 Å². The second kappa shape index (κ2) is 4.29. The highest BCUT2D eigenvalue weighted by atomic mass is 14.4. The molecule has 0 bridgehead atoms. The van der Waals surface area contributed by atoms with Gasteiger partial charge in [-0.05, 0) is 42.6 Å². The maximum Gasteiger partial charge on any atom is -0.0164 e. The van der Waals surface area contributed by atoms with Crippen LogP contribution in [0.5, 0.6) is 0 Å². The van der Waals surface area contributed by atoms with Crippen molar-refractivity contribution >= 4 is 0 Å². The molecular weight excluding hydrogens is 192 g/mol. The van der Waals surface area contributed by atoms with Gasteiger partial charge in [0.1, 0.15) is 0 Å². The van der Waals surface area contributed by atoms with Crippen molar-refractivity contribution in [2.24, 2.45) is 17.8 Å². The largest absolute Gasteiger partial charge is 0.0808 e. The van der Waals surface area contributed by atoms with Gasteiger partial charge < -0.3 is 0 Å². The number of rotatable bonds is 2. The van der Waals surface area contributed by atoms with Crippen LogP contribution in [0.2, 0.25) is 0 Å². The molecule has 0 heterocycles. The molecular formula is C16H18. The predicted octanol–water partition coefficient (Wildman–Crippen LogP) is 4.00. The van der Waals surface area contributed by atoms with Crippen LogP contribution in [-0.4, -0.2) is 0 Å². The zero-order chi connectivity index (χ0) is 10.8. The lowest BCUT2D eigenvalue weighted by Gasteiger charge is -2.13. The lowest BCUT2D eigenvalue weighted by molar-refractivity contribution is 0.528. The second-order valence-corrected chi connectivity index (χ2v) is 5.12. The first-order valence-electron chi connectivity index (χ1n) is 6.31. The topological polar surface area (TPSA) is 0 Å². The molecule has 16 heavy (non-hydrogen) atoms. The van der Waals surface area contributed by atoms with Crippen molar-refractivity contribution < 1.29 is 0 Å². The molecule has 0 N–H and O–H groups in total. The maximum absolute atomic E-state index is 2.40. The molecule has 0 heteroatoms. The molecule has 0 nitrogen and oxygen atoms in total. The minimum atomic E-state index is 0.818. The van der Waals surface area contributed by atoms with E-state index in [2.05, 4.69) is 54.6 Å². The van der Waals surface area contributed by atoms with Gasteiger partial charge in [-0.3, -0.25) is 0 Å². The van der Waals surface area contributed by atoms with Crippen molar-refractivity contribution in [2.75, 3.05) is 0 Å². The van der Waals surface area contributed by atoms with Gasteiger partial charge in [0.05, 0.1) is 0 Å². The Morgan fingerprint density at radius 2 is 1.50 bits per heavy atom. The van der Waals surface area contributed by atoms with Crippen molar-refractivity contribution in [3.63, 3.8) is 0 Å². The van der Waals surface area contributed by atoms with E-state index in [0.717, 1.165) is 17.8 Å². The monoisotopic (exact) mass is 210 g/mol. The summed E-state index contributed by atoms with van der Waals surface area (Å²) in [6, 6.07) is 10.9. The summed E-state index contributed by atoms with van der Waals surface area (Å²) in [6.45, 7) is 0. The third-order valence-electron chi connectivity index (χ3n) is 3.96. The number of benzene rings is 1. The van der Waals surface area contributed by atoms with Crippen LogP contribution in [0.25, 0.3) is 0 Å². The minimum absolute atomic E-state index is 0.818. The molecule has 1 saturated carbocycles. The predicted molar refractivity (Wildman–Crippen MR) is 68.1 cm³/mol. The van der Waals surface area contributed by atoms with Crippen molar-refractivity contribution in [1.29, 1.82) is 0 Å². The average molecular weight is 210 g/mol. The number of fused-ring (bicyclic) bond motifs is 1. The van der Waals surface area contributed by atoms with Crippen molar-refractivity contribution in [3.8, 4) is 0 Å². The van der Waals surface area contributed by atoms with Crippen LogP contribution in [-0.2, 0) is 6.42 Å². The summed E-state index contributed by atoms with van der Waals surface area (Å²) in [6.07, 6.45) is 13.2. The normalized spacial score (nSPS) is 31.6. The van der Waals surface area contributed by atoms with Crippen LogP contribution in [0, 0.1) is 17.8 Å². The Kier molecular flexibility index (Phi) is 2.65. The summed E-state index contributed by atoms with van der Waals surface area (Å²) in [5.74, 6) is 2.52. The van der Waals surface area contributed by atoms with Gasteiger partial charge in [-0.25, -0.2) is 0 Å². The summed E-state index contributed by atoms with van der Waals surface area (Å²) >= 11 is 0. The molecule has 2 aliphatic carbocycles. The van der Waals surface area contributed by atoms with Crippen LogP contribution in [0.1, 0.15) is 18.4 Å². The van der Waals surface area contributed by atoms with E-state index < -0.39 is 0 Å². The van der Waals surface area contributed by atoms with E-state index >= 15 is 0 Å². The molecule has 82 valence electrons. The Balaban J connectivity index is 1.66. The highest BCUT2D eigenvalue weighted by Gasteiger charge is 2.31. The second-order valence-electron chi connectivity index (χ2n) is 5.12. The van der Waals surface area contributed by atoms with Gasteiger partial charge in [-0.1, -0.05) is 54.6 Å². The average Bonchev–Trinajstić information content (AvgIpc) is 2.72. The van der Waals surface area contributed by atoms with E-state index in [1.54, 1.807) is 0 Å². The fraction of sp³-hybridized carbons (Fsp3) is 0.375. The highest BCUT2D eigenvalue weighted by molar-refractivity contribution is 5.19. The van der Waals surface area contributed by atoms with Gasteiger partial charge in [0.25, 0.3) is 0 Å². The third-order valence-corrected chi connectivity index (χ3v) is 3.96. The van der Waals surface area contributed by atoms with Gasteiger partial charge in [0, 0.05) is 0 Å². The zero-order valence-corrected chi connectivity index (χ0v) is 9.55. The van der Waals surface area contributed by atoms with E-state index in [1.165, 1.54) is 24.8 Å². The van der Waals surface area contributed by atoms with E-state index in [-0.39, 0.29) is 0 Å². The first-order valence-corrected chi connectivity index (χ1v) is 6.31. The molecule has 0 spiro atoms. The van der Waals surface area contributed by atoms with Crippen molar-refractivity contribution in [1.82, 2.24) is 0 Å². The summed E-state index contributed by atoms with van der Waals surface area (Å²) in [5.41, 5.74) is 1.50. The molecule has 2 aliphatic rings. The Morgan fingerprint density at radius 1 is 0.875 bits per heavy atom. The third kappa shape index (κ3) is 1.97. The minimum Gasteiger partial charge on any atom is -0.0808 e. The SMILES string of the molecule is C1=CC2CC(Cc3ccccc3)CC2C=C1. The number of allylic oxidation sites excluding steroid dienone is 4. The van der Waals surface area contributed by atoms with E-state index in [9.17, 15) is 0 Å². The summed E-state index contributed by atoms with van der Waals surface area (Å²) in [5, 5.41) is 0. The Hall–Kier alpha value is -1.30. The summed E-state index contributed by atoms with van der Waals surface area (Å²) in [4.78, 5) is 0. The first kappa shape index (κ1) is 9.89. The molecule has 1 aromatic rings. The fourth-order valence-corrected chi connectivity index (χ4v) is 3.19. The smallest absolute Gasteiger partial charge is 0.0164 e. The first-order chi connectivity index (χ1) is 7.92. The zero-order valence-electron chi connectivity index (χ0n) is 9.55. The van der Waals surface area contributed by atoms with Crippen LogP contribution in [0.15, 0.2) is 54.6 Å². The molecule has 0 radical (unpaired) electrons. The van der Waals surface area contributed by atoms with Gasteiger partial charge >= 0.3 is 0 Å². The van der Waals surface area contributed by atoms with Crippen LogP contribution in [0.4, 0.5) is 0 Å². The Labute approximate surface area is 97.7 Å². The molecule has 2 atom stereocenters. The fourth-order valence-electron chi connectivity index (χ4n) is 3.19. The van der Waals surface area contributed by atoms with Gasteiger partial charge in [-0.2, -0.15) is 0 Å². The number of hydrogen-bond acceptors (Lipinski definition) is 0. The van der Waals surface area contributed by atoms with E-state index in [1.807, 2.05) is 0 Å². The maximum atomic E-state index is 2.40. The molecule has 0 aromatic heterocycles. The molecule has 1 aromatic carbocycles. The summed E-state index contributed by atoms with van der Waals surface area (Å²) in [7, 11) is 0. The van der Waals surface area contributed by atoms with Crippen LogP contribution in [0.3, 0.4) is 0 Å². The Morgan fingerprint density at radius 3 is 2.12 bits per heavy atom. The van der Waals surface area contributed by atoms with E-state index in [0.29, 0.717) is 0 Å². The summed E-state index contributed by atoms with van der Waals surface area (Å²) < 4.78 is 0. The molecule has 2 unspecified atom stereocenters. The van der Waals surface area contributed by atoms with Gasteiger partial charge in [-0.15, -0.1) is 0 Å². The molecule has 0 amide bonds. The quantitative estimate of drug-likeness (QED) is 0.692. The number of hydrogen-bond donors (Lipinski definition) is 0. The Bertz CT molecular complexity index is 379. The van der Waals surface area contributed by atoms with Gasteiger partial charge in [0.15, 0.2) is 0 Å². The lowest BCUT2D eigenvalue weighted by atomic mass is 9.92. The van der Waals surface area contributed by atoms with Gasteiger partial charge in [0.2, 0.25) is 0 Å². The molecule has 1 fully saturated rings. The van der Waals surface area contributed by atoms with Crippen LogP contribution < -0.4 is 0 Å². The molecule has 0 saturated heterocycles. The van der Waals surface area contributed by atoms with Crippen LogP contribution >= 0.6 is 0 Å².